The summed E-state index contributed by atoms with van der Waals surface area (Å²) in [4.78, 5) is 0. The zero-order valence-corrected chi connectivity index (χ0v) is 12.7. The molecule has 0 aliphatic rings. The Morgan fingerprint density at radius 3 is 2.61 bits per heavy atom. The average Bonchev–Trinajstić information content (AvgIpc) is 3.00. The van der Waals surface area contributed by atoms with E-state index < -0.39 is 0 Å². The lowest BCUT2D eigenvalue weighted by Gasteiger charge is -2.09. The highest BCUT2D eigenvalue weighted by molar-refractivity contribution is 5.64. The molecule has 0 bridgehead atoms. The molecule has 0 radical (unpaired) electrons. The van der Waals surface area contributed by atoms with E-state index in [0.29, 0.717) is 23.6 Å². The van der Waals surface area contributed by atoms with Crippen LogP contribution in [-0.2, 0) is 6.54 Å². The van der Waals surface area contributed by atoms with Crippen LogP contribution < -0.4 is 10.5 Å². The average molecular weight is 312 g/mol. The predicted octanol–water partition coefficient (Wildman–Crippen LogP) is 2.93. The molecule has 1 heterocycles. The van der Waals surface area contributed by atoms with Crippen LogP contribution in [0, 0.1) is 5.82 Å². The highest BCUT2D eigenvalue weighted by Gasteiger charge is 2.15. The van der Waals surface area contributed by atoms with Crippen molar-refractivity contribution in [1.82, 2.24) is 15.0 Å². The molecule has 6 heteroatoms. The summed E-state index contributed by atoms with van der Waals surface area (Å²) < 4.78 is 20.7. The number of nitrogens with zero attached hydrogens (tertiary/aromatic N) is 3. The minimum atomic E-state index is -0.315. The first-order valence-corrected chi connectivity index (χ1v) is 7.36. The first kappa shape index (κ1) is 15.2. The molecule has 2 aromatic carbocycles. The predicted molar refractivity (Wildman–Crippen MR) is 85.8 cm³/mol. The smallest absolute Gasteiger partial charge is 0.123 e. The summed E-state index contributed by atoms with van der Waals surface area (Å²) >= 11 is 0. The molecule has 2 N–H and O–H groups in total. The Labute approximate surface area is 133 Å². The number of nitrogens with two attached hydrogens (primary N) is 1. The summed E-state index contributed by atoms with van der Waals surface area (Å²) in [5.41, 5.74) is 8.55. The molecule has 0 spiro atoms. The topological polar surface area (TPSA) is 66.0 Å². The lowest BCUT2D eigenvalue weighted by Crippen LogP contribution is -2.03. The molecule has 3 rings (SSSR count). The van der Waals surface area contributed by atoms with E-state index in [0.717, 1.165) is 11.4 Å². The fraction of sp³-hybridized carbons (Fsp3) is 0.176. The van der Waals surface area contributed by atoms with Crippen molar-refractivity contribution in [2.45, 2.75) is 13.5 Å². The van der Waals surface area contributed by atoms with Crippen molar-refractivity contribution in [3.8, 4) is 22.7 Å². The minimum absolute atomic E-state index is 0.225. The Hall–Kier alpha value is -2.73. The van der Waals surface area contributed by atoms with Gasteiger partial charge in [-0.15, -0.1) is 5.10 Å². The van der Waals surface area contributed by atoms with Crippen molar-refractivity contribution in [2.24, 2.45) is 5.73 Å². The number of hydrogen-bond donors (Lipinski definition) is 1. The van der Waals surface area contributed by atoms with E-state index in [9.17, 15) is 4.39 Å². The Balaban J connectivity index is 2.08. The number of aromatic nitrogens is 3. The second-order valence-electron chi connectivity index (χ2n) is 4.94. The van der Waals surface area contributed by atoms with Crippen molar-refractivity contribution in [3.05, 3.63) is 60.0 Å². The van der Waals surface area contributed by atoms with Crippen molar-refractivity contribution in [3.63, 3.8) is 0 Å². The number of halogens is 1. The van der Waals surface area contributed by atoms with Crippen LogP contribution in [0.5, 0.6) is 5.75 Å². The van der Waals surface area contributed by atoms with Gasteiger partial charge in [-0.3, -0.25) is 0 Å². The van der Waals surface area contributed by atoms with Crippen LogP contribution in [0.1, 0.15) is 12.6 Å². The van der Waals surface area contributed by atoms with Gasteiger partial charge in [0.25, 0.3) is 0 Å². The molecular weight excluding hydrogens is 295 g/mol. The van der Waals surface area contributed by atoms with Gasteiger partial charge in [0.1, 0.15) is 17.3 Å². The first-order chi connectivity index (χ1) is 11.2. The van der Waals surface area contributed by atoms with E-state index in [2.05, 4.69) is 10.3 Å². The molecule has 23 heavy (non-hydrogen) atoms. The van der Waals surface area contributed by atoms with Crippen molar-refractivity contribution in [2.75, 3.05) is 6.61 Å². The maximum atomic E-state index is 13.6. The van der Waals surface area contributed by atoms with Gasteiger partial charge >= 0.3 is 0 Å². The van der Waals surface area contributed by atoms with E-state index in [1.807, 2.05) is 37.3 Å². The van der Waals surface area contributed by atoms with Crippen LogP contribution in [0.4, 0.5) is 4.39 Å². The van der Waals surface area contributed by atoms with E-state index in [-0.39, 0.29) is 12.4 Å². The Kier molecular flexibility index (Phi) is 4.34. The molecule has 0 saturated heterocycles. The minimum Gasteiger partial charge on any atom is -0.494 e. The van der Waals surface area contributed by atoms with Crippen LogP contribution in [0.2, 0.25) is 0 Å². The number of rotatable bonds is 5. The maximum Gasteiger partial charge on any atom is 0.123 e. The van der Waals surface area contributed by atoms with Gasteiger partial charge in [-0.2, -0.15) is 0 Å². The van der Waals surface area contributed by atoms with Crippen LogP contribution in [-0.4, -0.2) is 21.6 Å². The van der Waals surface area contributed by atoms with Gasteiger partial charge in [-0.25, -0.2) is 9.07 Å². The SMILES string of the molecule is CCOc1ccc(-n2nnc(CN)c2-c2cccc(F)c2)cc1. The fourth-order valence-electron chi connectivity index (χ4n) is 2.41. The van der Waals surface area contributed by atoms with Gasteiger partial charge in [-0.1, -0.05) is 17.3 Å². The molecule has 5 nitrogen and oxygen atoms in total. The lowest BCUT2D eigenvalue weighted by molar-refractivity contribution is 0.340. The molecule has 118 valence electrons. The second-order valence-corrected chi connectivity index (χ2v) is 4.94. The molecule has 3 aromatic rings. The van der Waals surface area contributed by atoms with Gasteiger partial charge < -0.3 is 10.5 Å². The molecule has 0 unspecified atom stereocenters. The van der Waals surface area contributed by atoms with Crippen molar-refractivity contribution in [1.29, 1.82) is 0 Å². The Bertz CT molecular complexity index is 799. The molecule has 1 aromatic heterocycles. The van der Waals surface area contributed by atoms with E-state index in [4.69, 9.17) is 10.5 Å². The normalized spacial score (nSPS) is 10.7. The Morgan fingerprint density at radius 2 is 1.96 bits per heavy atom. The molecule has 0 aliphatic carbocycles. The van der Waals surface area contributed by atoms with Crippen LogP contribution >= 0.6 is 0 Å². The van der Waals surface area contributed by atoms with Gasteiger partial charge in [0.2, 0.25) is 0 Å². The number of ether oxygens (including phenoxy) is 1. The van der Waals surface area contributed by atoms with E-state index in [1.165, 1.54) is 12.1 Å². The standard InChI is InChI=1S/C17H17FN4O/c1-2-23-15-8-6-14(7-9-15)22-17(16(11-19)20-21-22)12-4-3-5-13(18)10-12/h3-10H,2,11,19H2,1H3. The van der Waals surface area contributed by atoms with E-state index in [1.54, 1.807) is 10.7 Å². The van der Waals surface area contributed by atoms with Gasteiger partial charge in [0.15, 0.2) is 0 Å². The molecule has 0 fully saturated rings. The zero-order chi connectivity index (χ0) is 16.2. The van der Waals surface area contributed by atoms with E-state index >= 15 is 0 Å². The van der Waals surface area contributed by atoms with Gasteiger partial charge in [0.05, 0.1) is 18.0 Å². The Morgan fingerprint density at radius 1 is 1.17 bits per heavy atom. The quantitative estimate of drug-likeness (QED) is 0.786. The molecular formula is C17H17FN4O. The second kappa shape index (κ2) is 6.58. The number of benzene rings is 2. The summed E-state index contributed by atoms with van der Waals surface area (Å²) in [7, 11) is 0. The van der Waals surface area contributed by atoms with Crippen LogP contribution in [0.3, 0.4) is 0 Å². The third-order valence-electron chi connectivity index (χ3n) is 3.42. The van der Waals surface area contributed by atoms with Crippen LogP contribution in [0.25, 0.3) is 16.9 Å². The summed E-state index contributed by atoms with van der Waals surface area (Å²) in [6, 6.07) is 13.8. The lowest BCUT2D eigenvalue weighted by atomic mass is 10.1. The molecule has 0 amide bonds. The zero-order valence-electron chi connectivity index (χ0n) is 12.7. The number of hydrogen-bond acceptors (Lipinski definition) is 4. The van der Waals surface area contributed by atoms with Crippen molar-refractivity contribution < 1.29 is 9.13 Å². The molecule has 0 aliphatic heterocycles. The third kappa shape index (κ3) is 3.07. The first-order valence-electron chi connectivity index (χ1n) is 7.36. The van der Waals surface area contributed by atoms with Crippen LogP contribution in [0.15, 0.2) is 48.5 Å². The monoisotopic (exact) mass is 312 g/mol. The largest absolute Gasteiger partial charge is 0.494 e. The maximum absolute atomic E-state index is 13.6. The molecule has 0 atom stereocenters. The van der Waals surface area contributed by atoms with Crippen molar-refractivity contribution >= 4 is 0 Å². The highest BCUT2D eigenvalue weighted by Crippen LogP contribution is 2.26. The summed E-state index contributed by atoms with van der Waals surface area (Å²) in [5, 5.41) is 8.27. The summed E-state index contributed by atoms with van der Waals surface area (Å²) in [6.07, 6.45) is 0. The van der Waals surface area contributed by atoms with Gasteiger partial charge in [0, 0.05) is 12.1 Å². The summed E-state index contributed by atoms with van der Waals surface area (Å²) in [6.45, 7) is 2.76. The van der Waals surface area contributed by atoms with Gasteiger partial charge in [-0.05, 0) is 43.3 Å². The summed E-state index contributed by atoms with van der Waals surface area (Å²) in [5.74, 6) is 0.465. The molecule has 0 saturated carbocycles. The third-order valence-corrected chi connectivity index (χ3v) is 3.42. The fourth-order valence-corrected chi connectivity index (χ4v) is 2.41. The highest BCUT2D eigenvalue weighted by atomic mass is 19.1.